The van der Waals surface area contributed by atoms with Crippen molar-refractivity contribution in [3.8, 4) is 5.75 Å². The summed E-state index contributed by atoms with van der Waals surface area (Å²) in [6, 6.07) is 22.8. The Labute approximate surface area is 213 Å². The molecule has 0 unspecified atom stereocenters. The predicted molar refractivity (Wildman–Crippen MR) is 146 cm³/mol. The lowest BCUT2D eigenvalue weighted by atomic mass is 10.0. The van der Waals surface area contributed by atoms with Crippen molar-refractivity contribution in [3.05, 3.63) is 100.0 Å². The molecule has 37 heavy (non-hydrogen) atoms. The highest BCUT2D eigenvalue weighted by atomic mass is 16.3. The van der Waals surface area contributed by atoms with Crippen LogP contribution in [0.3, 0.4) is 0 Å². The maximum atomic E-state index is 12.3. The smallest absolute Gasteiger partial charge is 0.351 e. The maximum Gasteiger partial charge on any atom is 0.351 e. The molecule has 1 aromatic heterocycles. The van der Waals surface area contributed by atoms with Gasteiger partial charge < -0.3 is 15.7 Å². The number of hydrogen-bond donors (Lipinski definition) is 4. The largest absolute Gasteiger partial charge is 0.505 e. The fourth-order valence-electron chi connectivity index (χ4n) is 4.08. The van der Waals surface area contributed by atoms with Crippen LogP contribution in [0.1, 0.15) is 16.7 Å². The van der Waals surface area contributed by atoms with Gasteiger partial charge in [-0.3, -0.25) is 4.98 Å². The number of rotatable bonds is 6. The van der Waals surface area contributed by atoms with Crippen LogP contribution in [-0.2, 0) is 0 Å². The van der Waals surface area contributed by atoms with Gasteiger partial charge in [-0.05, 0) is 73.2 Å². The van der Waals surface area contributed by atoms with Crippen LogP contribution in [0.5, 0.6) is 5.75 Å². The molecule has 0 fully saturated rings. The van der Waals surface area contributed by atoms with Gasteiger partial charge in [0.05, 0.1) is 11.4 Å². The zero-order chi connectivity index (χ0) is 25.9. The topological polar surface area (TPSA) is 128 Å². The molecular weight excluding hydrogens is 466 g/mol. The van der Waals surface area contributed by atoms with Gasteiger partial charge in [0.1, 0.15) is 5.69 Å². The molecule has 9 nitrogen and oxygen atoms in total. The van der Waals surface area contributed by atoms with Crippen LogP contribution in [0, 0.1) is 20.8 Å². The Hall–Kier alpha value is -5.05. The summed E-state index contributed by atoms with van der Waals surface area (Å²) in [4.78, 5) is 23.2. The molecule has 0 aliphatic heterocycles. The number of phenolic OH excluding ortho intramolecular Hbond substituents is 1. The third-order valence-corrected chi connectivity index (χ3v) is 5.83. The molecule has 184 valence electrons. The van der Waals surface area contributed by atoms with Crippen molar-refractivity contribution < 1.29 is 5.11 Å². The molecular formula is C28H25N7O2. The number of azo groups is 1. The van der Waals surface area contributed by atoms with Crippen LogP contribution in [0.4, 0.5) is 34.6 Å². The van der Waals surface area contributed by atoms with Crippen molar-refractivity contribution >= 4 is 45.4 Å². The van der Waals surface area contributed by atoms with Crippen LogP contribution in [0.2, 0.25) is 0 Å². The zero-order valence-electron chi connectivity index (χ0n) is 20.6. The molecule has 5 aromatic rings. The number of benzene rings is 4. The second kappa shape index (κ2) is 9.90. The van der Waals surface area contributed by atoms with Crippen molar-refractivity contribution in [2.45, 2.75) is 20.8 Å². The first-order valence-corrected chi connectivity index (χ1v) is 11.7. The number of anilines is 4. The summed E-state index contributed by atoms with van der Waals surface area (Å²) in [5, 5.41) is 27.6. The fourth-order valence-corrected chi connectivity index (χ4v) is 4.08. The third-order valence-electron chi connectivity index (χ3n) is 5.83. The number of para-hydroxylation sites is 1. The van der Waals surface area contributed by atoms with E-state index in [4.69, 9.17) is 0 Å². The summed E-state index contributed by atoms with van der Waals surface area (Å²) in [5.74, 6) is 0.290. The second-order valence-corrected chi connectivity index (χ2v) is 8.73. The van der Waals surface area contributed by atoms with Gasteiger partial charge in [-0.25, -0.2) is 4.79 Å². The number of phenols is 1. The fraction of sp³-hybridized carbons (Fsp3) is 0.107. The summed E-state index contributed by atoms with van der Waals surface area (Å²) in [6.45, 7) is 5.78. The molecule has 0 aliphatic rings. The second-order valence-electron chi connectivity index (χ2n) is 8.73. The molecule has 0 saturated heterocycles. The number of fused-ring (bicyclic) bond motifs is 1. The molecule has 0 aliphatic carbocycles. The van der Waals surface area contributed by atoms with E-state index in [0.29, 0.717) is 16.8 Å². The van der Waals surface area contributed by atoms with Crippen molar-refractivity contribution in [1.82, 2.24) is 15.0 Å². The van der Waals surface area contributed by atoms with E-state index in [-0.39, 0.29) is 17.6 Å². The number of nitrogens with zero attached hydrogens (tertiary/aromatic N) is 4. The molecule has 5 rings (SSSR count). The van der Waals surface area contributed by atoms with E-state index in [9.17, 15) is 9.90 Å². The molecule has 0 radical (unpaired) electrons. The Bertz CT molecular complexity index is 1700. The lowest BCUT2D eigenvalue weighted by Crippen LogP contribution is -2.16. The minimum Gasteiger partial charge on any atom is -0.505 e. The number of nitrogens with one attached hydrogen (secondary N) is 3. The van der Waals surface area contributed by atoms with E-state index in [1.54, 1.807) is 0 Å². The number of aromatic nitrogens is 3. The van der Waals surface area contributed by atoms with Gasteiger partial charge in [0.2, 0.25) is 11.9 Å². The number of aryl methyl sites for hydroxylation is 3. The maximum absolute atomic E-state index is 12.3. The van der Waals surface area contributed by atoms with E-state index < -0.39 is 5.69 Å². The predicted octanol–water partition coefficient (Wildman–Crippen LogP) is 6.85. The van der Waals surface area contributed by atoms with Crippen LogP contribution in [0.25, 0.3) is 10.8 Å². The van der Waals surface area contributed by atoms with Gasteiger partial charge in [0.25, 0.3) is 0 Å². The minimum absolute atomic E-state index is 0.0256. The average Bonchev–Trinajstić information content (AvgIpc) is 2.84. The summed E-state index contributed by atoms with van der Waals surface area (Å²) < 4.78 is 0. The summed E-state index contributed by atoms with van der Waals surface area (Å²) in [5.41, 5.74) is 4.53. The summed E-state index contributed by atoms with van der Waals surface area (Å²) >= 11 is 0. The Morgan fingerprint density at radius 2 is 1.59 bits per heavy atom. The molecule has 4 N–H and O–H groups in total. The van der Waals surface area contributed by atoms with Crippen LogP contribution < -0.4 is 16.3 Å². The van der Waals surface area contributed by atoms with Crippen molar-refractivity contribution in [1.29, 1.82) is 0 Å². The van der Waals surface area contributed by atoms with E-state index in [0.717, 1.165) is 33.5 Å². The highest BCUT2D eigenvalue weighted by molar-refractivity contribution is 6.03. The highest BCUT2D eigenvalue weighted by Gasteiger charge is 2.16. The van der Waals surface area contributed by atoms with Crippen molar-refractivity contribution in [3.63, 3.8) is 0 Å². The number of H-pyrrole nitrogens is 1. The molecule has 4 aromatic carbocycles. The van der Waals surface area contributed by atoms with Crippen LogP contribution in [0.15, 0.2) is 87.8 Å². The zero-order valence-corrected chi connectivity index (χ0v) is 20.6. The lowest BCUT2D eigenvalue weighted by Gasteiger charge is -2.14. The van der Waals surface area contributed by atoms with Crippen molar-refractivity contribution in [2.24, 2.45) is 10.2 Å². The SMILES string of the molecule is Cc1cc(Nc2nc(Nc3ccccc3)[nH]c(=O)n2)c2c(O)c(N=Nc3ccccc3C)c(C)cc2c1. The van der Waals surface area contributed by atoms with Crippen LogP contribution >= 0.6 is 0 Å². The van der Waals surface area contributed by atoms with E-state index in [1.165, 1.54) is 0 Å². The quantitative estimate of drug-likeness (QED) is 0.192. The monoisotopic (exact) mass is 491 g/mol. The van der Waals surface area contributed by atoms with Crippen LogP contribution in [-0.4, -0.2) is 20.1 Å². The first-order chi connectivity index (χ1) is 17.9. The Kier molecular flexibility index (Phi) is 6.34. The van der Waals surface area contributed by atoms with Gasteiger partial charge in [-0.1, -0.05) is 42.5 Å². The van der Waals surface area contributed by atoms with Gasteiger partial charge >= 0.3 is 5.69 Å². The first kappa shape index (κ1) is 23.7. The number of aromatic amines is 1. The molecule has 9 heteroatoms. The Balaban J connectivity index is 1.56. The van der Waals surface area contributed by atoms with E-state index in [2.05, 4.69) is 35.8 Å². The first-order valence-electron chi connectivity index (χ1n) is 11.7. The average molecular weight is 492 g/mol. The number of aromatic hydroxyl groups is 1. The highest BCUT2D eigenvalue weighted by Crippen LogP contribution is 2.43. The standard InChI is InChI=1S/C28H25N7O2/c1-16-13-19-15-18(3)24(35-34-21-12-8-7-9-17(21)2)25(36)23(19)22(14-16)30-27-31-26(32-28(37)33-27)29-20-10-5-4-6-11-20/h4-15,36H,1-3H3,(H3,29,30,31,32,33,37). The normalized spacial score (nSPS) is 11.2. The Morgan fingerprint density at radius 1 is 0.838 bits per heavy atom. The van der Waals surface area contributed by atoms with Gasteiger partial charge in [-0.15, -0.1) is 5.11 Å². The lowest BCUT2D eigenvalue weighted by molar-refractivity contribution is 0.482. The molecule has 0 amide bonds. The van der Waals surface area contributed by atoms with E-state index >= 15 is 0 Å². The molecule has 0 spiro atoms. The third kappa shape index (κ3) is 5.15. The Morgan fingerprint density at radius 3 is 2.38 bits per heavy atom. The summed E-state index contributed by atoms with van der Waals surface area (Å²) in [6.07, 6.45) is 0. The van der Waals surface area contributed by atoms with E-state index in [1.807, 2.05) is 93.6 Å². The molecule has 0 atom stereocenters. The molecule has 0 bridgehead atoms. The summed E-state index contributed by atoms with van der Waals surface area (Å²) in [7, 11) is 0. The van der Waals surface area contributed by atoms with Gasteiger partial charge in [0, 0.05) is 11.1 Å². The number of hydrogen-bond acceptors (Lipinski definition) is 8. The van der Waals surface area contributed by atoms with Crippen molar-refractivity contribution in [2.75, 3.05) is 10.6 Å². The minimum atomic E-state index is -0.569. The van der Waals surface area contributed by atoms with Gasteiger partial charge in [-0.2, -0.15) is 15.1 Å². The van der Waals surface area contributed by atoms with Gasteiger partial charge in [0.15, 0.2) is 5.75 Å². The molecule has 0 saturated carbocycles. The molecule has 1 heterocycles.